The van der Waals surface area contributed by atoms with Crippen molar-refractivity contribution < 1.29 is 4.79 Å². The number of anilines is 1. The molecule has 0 saturated carbocycles. The van der Waals surface area contributed by atoms with Crippen LogP contribution >= 0.6 is 59.4 Å². The van der Waals surface area contributed by atoms with Crippen LogP contribution in [0, 0.1) is 0 Å². The summed E-state index contributed by atoms with van der Waals surface area (Å²) in [6.07, 6.45) is 0.402. The van der Waals surface area contributed by atoms with Crippen molar-refractivity contribution in [3.8, 4) is 0 Å². The second-order valence-electron chi connectivity index (χ2n) is 4.78. The summed E-state index contributed by atoms with van der Waals surface area (Å²) in [7, 11) is 0. The third-order valence-electron chi connectivity index (χ3n) is 3.35. The van der Waals surface area contributed by atoms with Gasteiger partial charge in [-0.05, 0) is 41.0 Å². The molecule has 6 heteroatoms. The van der Waals surface area contributed by atoms with Crippen LogP contribution < -0.4 is 5.32 Å². The maximum atomic E-state index is 11.5. The van der Waals surface area contributed by atoms with Gasteiger partial charge >= 0.3 is 0 Å². The lowest BCUT2D eigenvalue weighted by molar-refractivity contribution is -0.115. The highest BCUT2D eigenvalue weighted by Crippen LogP contribution is 2.42. The second-order valence-corrected chi connectivity index (χ2v) is 7.88. The summed E-state index contributed by atoms with van der Waals surface area (Å²) >= 11 is 17.1. The topological polar surface area (TPSA) is 29.1 Å². The predicted octanol–water partition coefficient (Wildman–Crippen LogP) is 5.84. The number of fused-ring (bicyclic) bond motifs is 1. The summed E-state index contributed by atoms with van der Waals surface area (Å²) in [5.74, 6) is 0.00738. The third kappa shape index (κ3) is 3.07. The van der Waals surface area contributed by atoms with Gasteiger partial charge in [-0.2, -0.15) is 0 Å². The van der Waals surface area contributed by atoms with Crippen LogP contribution in [0.3, 0.4) is 0 Å². The van der Waals surface area contributed by atoms with E-state index in [1.165, 1.54) is 0 Å². The van der Waals surface area contributed by atoms with Crippen LogP contribution in [0.5, 0.6) is 0 Å². The summed E-state index contributed by atoms with van der Waals surface area (Å²) in [6, 6.07) is 9.80. The zero-order valence-electron chi connectivity index (χ0n) is 10.6. The van der Waals surface area contributed by atoms with Crippen LogP contribution in [-0.4, -0.2) is 5.91 Å². The van der Waals surface area contributed by atoms with Crippen molar-refractivity contribution in [2.75, 3.05) is 5.32 Å². The van der Waals surface area contributed by atoms with Crippen molar-refractivity contribution in [3.63, 3.8) is 0 Å². The number of nitrogens with one attached hydrogen (secondary N) is 1. The van der Waals surface area contributed by atoms with E-state index in [4.69, 9.17) is 11.6 Å². The highest BCUT2D eigenvalue weighted by Gasteiger charge is 2.23. The van der Waals surface area contributed by atoms with Gasteiger partial charge in [-0.15, -0.1) is 0 Å². The Morgan fingerprint density at radius 3 is 2.67 bits per heavy atom. The van der Waals surface area contributed by atoms with E-state index in [2.05, 4.69) is 53.1 Å². The molecule has 108 valence electrons. The lowest BCUT2D eigenvalue weighted by Crippen LogP contribution is -2.03. The molecule has 1 aliphatic rings. The Morgan fingerprint density at radius 1 is 1.14 bits per heavy atom. The van der Waals surface area contributed by atoms with Gasteiger partial charge in [0.2, 0.25) is 5.91 Å². The number of alkyl halides is 1. The Kier molecular flexibility index (Phi) is 4.46. The first kappa shape index (κ1) is 15.5. The van der Waals surface area contributed by atoms with Gasteiger partial charge in [-0.3, -0.25) is 4.79 Å². The quantitative estimate of drug-likeness (QED) is 0.522. The molecule has 2 aromatic carbocycles. The van der Waals surface area contributed by atoms with Crippen LogP contribution in [0.4, 0.5) is 5.69 Å². The van der Waals surface area contributed by atoms with E-state index in [0.717, 1.165) is 31.3 Å². The number of carbonyl (C=O) groups is 1. The molecule has 1 amide bonds. The zero-order valence-corrected chi connectivity index (χ0v) is 16.1. The lowest BCUT2D eigenvalue weighted by atomic mass is 10.0. The number of rotatable bonds is 2. The van der Waals surface area contributed by atoms with Gasteiger partial charge in [0.05, 0.1) is 11.2 Å². The van der Waals surface area contributed by atoms with Gasteiger partial charge in [0.1, 0.15) is 0 Å². The second kappa shape index (κ2) is 6.03. The predicted molar refractivity (Wildman–Crippen MR) is 96.4 cm³/mol. The number of amides is 1. The molecule has 2 aromatic rings. The molecule has 1 aliphatic heterocycles. The number of benzene rings is 2. The van der Waals surface area contributed by atoms with Gasteiger partial charge in [0, 0.05) is 19.7 Å². The number of hydrogen-bond acceptors (Lipinski definition) is 1. The van der Waals surface area contributed by atoms with Crippen LogP contribution in [0.25, 0.3) is 0 Å². The van der Waals surface area contributed by atoms with Gasteiger partial charge < -0.3 is 5.32 Å². The average Bonchev–Trinajstić information content (AvgIpc) is 2.79. The van der Waals surface area contributed by atoms with Crippen LogP contribution in [-0.2, 0) is 11.2 Å². The fourth-order valence-electron chi connectivity index (χ4n) is 2.34. The number of halogens is 4. The van der Waals surface area contributed by atoms with Crippen LogP contribution in [0.15, 0.2) is 39.3 Å². The number of carbonyl (C=O) groups excluding carboxylic acids is 1. The first-order valence-electron chi connectivity index (χ1n) is 6.17. The Hall–Kier alpha value is -0.360. The lowest BCUT2D eigenvalue weighted by Gasteiger charge is -2.16. The maximum absolute atomic E-state index is 11.5. The van der Waals surface area contributed by atoms with Gasteiger partial charge in [-0.1, -0.05) is 65.5 Å². The van der Waals surface area contributed by atoms with Crippen molar-refractivity contribution in [3.05, 3.63) is 61.0 Å². The van der Waals surface area contributed by atoms with E-state index in [0.29, 0.717) is 11.4 Å². The minimum atomic E-state index is -0.0575. The van der Waals surface area contributed by atoms with Crippen LogP contribution in [0.1, 0.15) is 21.5 Å². The van der Waals surface area contributed by atoms with Crippen molar-refractivity contribution in [2.45, 2.75) is 11.2 Å². The Balaban J connectivity index is 2.06. The molecule has 0 aromatic heterocycles. The SMILES string of the molecule is O=C1Cc2cc(C(Br)c3cc(Br)ccc3Br)c(Cl)cc2N1. The molecular weight excluding hydrogens is 485 g/mol. The molecule has 21 heavy (non-hydrogen) atoms. The molecule has 1 atom stereocenters. The van der Waals surface area contributed by atoms with Crippen molar-refractivity contribution in [1.29, 1.82) is 0 Å². The molecule has 3 rings (SSSR count). The molecule has 1 heterocycles. The Morgan fingerprint density at radius 2 is 1.90 bits per heavy atom. The van der Waals surface area contributed by atoms with Gasteiger partial charge in [0.25, 0.3) is 0 Å². The highest BCUT2D eigenvalue weighted by atomic mass is 79.9. The summed E-state index contributed by atoms with van der Waals surface area (Å²) in [6.45, 7) is 0. The van der Waals surface area contributed by atoms with E-state index in [1.54, 1.807) is 0 Å². The van der Waals surface area contributed by atoms with E-state index >= 15 is 0 Å². The first-order chi connectivity index (χ1) is 9.95. The molecule has 2 nitrogen and oxygen atoms in total. The minimum Gasteiger partial charge on any atom is -0.325 e. The summed E-state index contributed by atoms with van der Waals surface area (Å²) in [4.78, 5) is 11.4. The zero-order chi connectivity index (χ0) is 15.1. The molecule has 1 N–H and O–H groups in total. The minimum absolute atomic E-state index is 0.00738. The molecule has 1 unspecified atom stereocenters. The molecule has 0 spiro atoms. The van der Waals surface area contributed by atoms with Crippen molar-refractivity contribution in [2.24, 2.45) is 0 Å². The largest absolute Gasteiger partial charge is 0.325 e. The Bertz CT molecular complexity index is 748. The van der Waals surface area contributed by atoms with E-state index in [9.17, 15) is 4.79 Å². The van der Waals surface area contributed by atoms with Gasteiger partial charge in [-0.25, -0.2) is 0 Å². The summed E-state index contributed by atoms with van der Waals surface area (Å²) in [5, 5.41) is 3.44. The molecular formula is C15H9Br3ClNO. The smallest absolute Gasteiger partial charge is 0.228 e. The monoisotopic (exact) mass is 491 g/mol. The van der Waals surface area contributed by atoms with Crippen LogP contribution in [0.2, 0.25) is 5.02 Å². The molecule has 0 fully saturated rings. The van der Waals surface area contributed by atoms with E-state index < -0.39 is 0 Å². The maximum Gasteiger partial charge on any atom is 0.228 e. The molecule has 0 aliphatic carbocycles. The van der Waals surface area contributed by atoms with E-state index in [-0.39, 0.29) is 10.7 Å². The van der Waals surface area contributed by atoms with Crippen molar-refractivity contribution >= 4 is 71.0 Å². The van der Waals surface area contributed by atoms with E-state index in [1.807, 2.05) is 30.3 Å². The summed E-state index contributed by atoms with van der Waals surface area (Å²) in [5.41, 5.74) is 3.81. The molecule has 0 saturated heterocycles. The molecule has 0 bridgehead atoms. The number of hydrogen-bond donors (Lipinski definition) is 1. The van der Waals surface area contributed by atoms with Gasteiger partial charge in [0.15, 0.2) is 0 Å². The normalized spacial score (nSPS) is 14.8. The fourth-order valence-corrected chi connectivity index (χ4v) is 4.66. The highest BCUT2D eigenvalue weighted by molar-refractivity contribution is 9.11. The summed E-state index contributed by atoms with van der Waals surface area (Å²) < 4.78 is 2.00. The average molecular weight is 494 g/mol. The van der Waals surface area contributed by atoms with Crippen molar-refractivity contribution in [1.82, 2.24) is 0 Å². The Labute approximate surface area is 152 Å². The standard InChI is InChI=1S/C15H9Br3ClNO/c16-8-1-2-11(17)9(5-8)15(18)10-3-7-4-14(21)20-13(7)6-12(10)19/h1-3,5-6,15H,4H2,(H,20,21). The fraction of sp³-hybridized carbons (Fsp3) is 0.133. The first-order valence-corrected chi connectivity index (χ1v) is 9.05. The molecule has 0 radical (unpaired) electrons. The third-order valence-corrected chi connectivity index (χ3v) is 5.88.